The summed E-state index contributed by atoms with van der Waals surface area (Å²) in [7, 11) is 0. The first-order valence-electron chi connectivity index (χ1n) is 22.7. The normalized spacial score (nSPS) is 12.1. The third kappa shape index (κ3) is 39.6. The van der Waals surface area contributed by atoms with E-state index >= 15 is 0 Å². The molecule has 0 aromatic carbocycles. The van der Waals surface area contributed by atoms with E-state index in [1.165, 1.54) is 128 Å². The Balaban J connectivity index is 4.18. The van der Waals surface area contributed by atoms with Crippen molar-refractivity contribution in [3.05, 3.63) is 0 Å². The van der Waals surface area contributed by atoms with Gasteiger partial charge in [0.25, 0.3) is 0 Å². The van der Waals surface area contributed by atoms with E-state index in [1.54, 1.807) is 0 Å². The van der Waals surface area contributed by atoms with E-state index in [-0.39, 0.29) is 31.1 Å². The smallest absolute Gasteiger partial charge is 0.306 e. The second kappa shape index (κ2) is 39.1. The monoisotopic (exact) mass is 737 g/mol. The molecule has 52 heavy (non-hydrogen) atoms. The minimum absolute atomic E-state index is 0.0657. The van der Waals surface area contributed by atoms with Crippen LogP contribution in [0.15, 0.2) is 0 Å². The second-order valence-corrected chi connectivity index (χ2v) is 16.6. The van der Waals surface area contributed by atoms with Crippen molar-refractivity contribution in [3.63, 3.8) is 0 Å². The van der Waals surface area contributed by atoms with E-state index < -0.39 is 6.10 Å². The predicted octanol–water partition coefficient (Wildman–Crippen LogP) is 14.2. The molecule has 0 aliphatic carbocycles. The van der Waals surface area contributed by atoms with Crippen molar-refractivity contribution < 1.29 is 28.6 Å². The lowest BCUT2D eigenvalue weighted by molar-refractivity contribution is -0.167. The molecule has 0 N–H and O–H groups in total. The molecule has 0 saturated carbocycles. The Morgan fingerprint density at radius 1 is 0.365 bits per heavy atom. The van der Waals surface area contributed by atoms with E-state index in [9.17, 15) is 14.4 Å². The first kappa shape index (κ1) is 50.4. The molecule has 0 saturated heterocycles. The van der Waals surface area contributed by atoms with Gasteiger partial charge in [-0.25, -0.2) is 0 Å². The lowest BCUT2D eigenvalue weighted by Crippen LogP contribution is -2.30. The first-order valence-corrected chi connectivity index (χ1v) is 22.7. The molecule has 1 atom stereocenters. The lowest BCUT2D eigenvalue weighted by Gasteiger charge is -2.18. The summed E-state index contributed by atoms with van der Waals surface area (Å²) in [6, 6.07) is 0. The molecule has 0 bridgehead atoms. The highest BCUT2D eigenvalue weighted by atomic mass is 16.6. The largest absolute Gasteiger partial charge is 0.462 e. The highest BCUT2D eigenvalue weighted by molar-refractivity contribution is 5.71. The molecule has 308 valence electrons. The number of ether oxygens (including phenoxy) is 3. The van der Waals surface area contributed by atoms with E-state index in [0.29, 0.717) is 19.3 Å². The molecule has 0 heterocycles. The third-order valence-electron chi connectivity index (χ3n) is 10.2. The van der Waals surface area contributed by atoms with Crippen LogP contribution < -0.4 is 0 Å². The van der Waals surface area contributed by atoms with Crippen LogP contribution >= 0.6 is 0 Å². The Labute approximate surface area is 323 Å². The van der Waals surface area contributed by atoms with Crippen molar-refractivity contribution in [1.29, 1.82) is 0 Å². The number of esters is 3. The fourth-order valence-electron chi connectivity index (χ4n) is 6.75. The van der Waals surface area contributed by atoms with Crippen LogP contribution in [0.2, 0.25) is 0 Å². The lowest BCUT2D eigenvalue weighted by atomic mass is 10.0. The summed E-state index contributed by atoms with van der Waals surface area (Å²) in [6.45, 7) is 11.3. The molecule has 0 radical (unpaired) electrons. The van der Waals surface area contributed by atoms with Crippen molar-refractivity contribution >= 4 is 17.9 Å². The van der Waals surface area contributed by atoms with Crippen molar-refractivity contribution in [3.8, 4) is 0 Å². The zero-order chi connectivity index (χ0) is 38.3. The number of hydrogen-bond donors (Lipinski definition) is 0. The maximum absolute atomic E-state index is 12.7. The number of hydrogen-bond acceptors (Lipinski definition) is 6. The number of carbonyl (C=O) groups is 3. The molecular weight excluding hydrogens is 649 g/mol. The van der Waals surface area contributed by atoms with Crippen molar-refractivity contribution in [2.45, 2.75) is 253 Å². The van der Waals surface area contributed by atoms with E-state index in [4.69, 9.17) is 14.2 Å². The van der Waals surface area contributed by atoms with Crippen LogP contribution in [-0.2, 0) is 28.6 Å². The summed E-state index contributed by atoms with van der Waals surface area (Å²) in [6.07, 6.45) is 36.9. The van der Waals surface area contributed by atoms with Gasteiger partial charge in [-0.1, -0.05) is 208 Å². The standard InChI is InChI=1S/C46H88O6/c1-6-7-8-24-31-36-44(47)50-39-43(52-46(49)38-33-28-23-19-15-11-13-17-21-26-30-35-42(4)5)40-51-45(48)37-32-27-22-18-14-10-9-12-16-20-25-29-34-41(2)3/h41-43H,6-40H2,1-5H3/t43-/m0/s1. The Morgan fingerprint density at radius 2 is 0.635 bits per heavy atom. The van der Waals surface area contributed by atoms with E-state index in [2.05, 4.69) is 34.6 Å². The third-order valence-corrected chi connectivity index (χ3v) is 10.2. The summed E-state index contributed by atoms with van der Waals surface area (Å²) in [5.74, 6) is 0.788. The highest BCUT2D eigenvalue weighted by Gasteiger charge is 2.19. The Hall–Kier alpha value is -1.59. The molecule has 0 spiro atoms. The van der Waals surface area contributed by atoms with Gasteiger partial charge in [-0.3, -0.25) is 14.4 Å². The Morgan fingerprint density at radius 3 is 0.942 bits per heavy atom. The fraction of sp³-hybridized carbons (Fsp3) is 0.935. The van der Waals surface area contributed by atoms with Gasteiger partial charge in [0.1, 0.15) is 13.2 Å². The maximum atomic E-state index is 12.7. The molecule has 0 fully saturated rings. The number of rotatable bonds is 40. The summed E-state index contributed by atoms with van der Waals surface area (Å²) in [5, 5.41) is 0. The van der Waals surface area contributed by atoms with Gasteiger partial charge in [0.15, 0.2) is 6.10 Å². The summed E-state index contributed by atoms with van der Waals surface area (Å²) in [4.78, 5) is 37.5. The minimum atomic E-state index is -0.758. The van der Waals surface area contributed by atoms with Gasteiger partial charge in [-0.05, 0) is 31.1 Å². The van der Waals surface area contributed by atoms with Gasteiger partial charge in [0.05, 0.1) is 0 Å². The van der Waals surface area contributed by atoms with Gasteiger partial charge < -0.3 is 14.2 Å². The van der Waals surface area contributed by atoms with Gasteiger partial charge in [0, 0.05) is 19.3 Å². The fourth-order valence-corrected chi connectivity index (χ4v) is 6.75. The number of unbranched alkanes of at least 4 members (excludes halogenated alkanes) is 25. The van der Waals surface area contributed by atoms with Crippen LogP contribution in [0.4, 0.5) is 0 Å². The molecule has 0 aromatic heterocycles. The van der Waals surface area contributed by atoms with Crippen molar-refractivity contribution in [2.75, 3.05) is 13.2 Å². The molecule has 0 rings (SSSR count). The van der Waals surface area contributed by atoms with Gasteiger partial charge in [-0.2, -0.15) is 0 Å². The highest BCUT2D eigenvalue weighted by Crippen LogP contribution is 2.16. The zero-order valence-corrected chi connectivity index (χ0v) is 35.4. The van der Waals surface area contributed by atoms with Gasteiger partial charge in [-0.15, -0.1) is 0 Å². The Bertz CT molecular complexity index is 794. The molecule has 6 nitrogen and oxygen atoms in total. The van der Waals surface area contributed by atoms with Crippen molar-refractivity contribution in [2.24, 2.45) is 11.8 Å². The average molecular weight is 737 g/mol. The van der Waals surface area contributed by atoms with E-state index in [0.717, 1.165) is 76.0 Å². The first-order chi connectivity index (χ1) is 25.2. The predicted molar refractivity (Wildman–Crippen MR) is 220 cm³/mol. The average Bonchev–Trinajstić information content (AvgIpc) is 3.11. The molecule has 0 amide bonds. The van der Waals surface area contributed by atoms with Gasteiger partial charge in [0.2, 0.25) is 0 Å². The van der Waals surface area contributed by atoms with Crippen LogP contribution in [0.25, 0.3) is 0 Å². The molecule has 0 aromatic rings. The van der Waals surface area contributed by atoms with Crippen LogP contribution in [0.3, 0.4) is 0 Å². The molecule has 0 aliphatic rings. The topological polar surface area (TPSA) is 78.9 Å². The molecule has 0 unspecified atom stereocenters. The molecule has 6 heteroatoms. The summed E-state index contributed by atoms with van der Waals surface area (Å²) in [5.41, 5.74) is 0. The van der Waals surface area contributed by atoms with Crippen LogP contribution in [0, 0.1) is 11.8 Å². The second-order valence-electron chi connectivity index (χ2n) is 16.6. The summed E-state index contributed by atoms with van der Waals surface area (Å²) >= 11 is 0. The van der Waals surface area contributed by atoms with Crippen LogP contribution in [0.1, 0.15) is 247 Å². The Kier molecular flexibility index (Phi) is 37.9. The molecule has 0 aliphatic heterocycles. The van der Waals surface area contributed by atoms with Crippen molar-refractivity contribution in [1.82, 2.24) is 0 Å². The zero-order valence-electron chi connectivity index (χ0n) is 35.4. The quantitative estimate of drug-likeness (QED) is 0.0354. The van der Waals surface area contributed by atoms with Crippen LogP contribution in [0.5, 0.6) is 0 Å². The maximum Gasteiger partial charge on any atom is 0.306 e. The molecular formula is C46H88O6. The van der Waals surface area contributed by atoms with Crippen LogP contribution in [-0.4, -0.2) is 37.2 Å². The SMILES string of the molecule is CCCCCCCC(=O)OC[C@@H](COC(=O)CCCCCCCCCCCCCCC(C)C)OC(=O)CCCCCCCCCCCCCC(C)C. The summed E-state index contributed by atoms with van der Waals surface area (Å²) < 4.78 is 16.6. The van der Waals surface area contributed by atoms with Gasteiger partial charge >= 0.3 is 17.9 Å². The number of carbonyl (C=O) groups excluding carboxylic acids is 3. The van der Waals surface area contributed by atoms with E-state index in [1.807, 2.05) is 0 Å². The minimum Gasteiger partial charge on any atom is -0.462 e.